The summed E-state index contributed by atoms with van der Waals surface area (Å²) in [5, 5.41) is 0.721. The molecule has 0 atom stereocenters. The summed E-state index contributed by atoms with van der Waals surface area (Å²) in [6, 6.07) is 15.9. The van der Waals surface area contributed by atoms with Crippen LogP contribution in [0.3, 0.4) is 0 Å². The van der Waals surface area contributed by atoms with E-state index in [2.05, 4.69) is 10.6 Å². The van der Waals surface area contributed by atoms with Crippen LogP contribution >= 0.6 is 11.6 Å². The minimum absolute atomic E-state index is 0.111. The van der Waals surface area contributed by atoms with Crippen LogP contribution in [0.25, 0.3) is 16.8 Å². The van der Waals surface area contributed by atoms with Crippen molar-refractivity contribution in [3.63, 3.8) is 0 Å². The van der Waals surface area contributed by atoms with Crippen molar-refractivity contribution in [1.82, 2.24) is 14.0 Å². The fourth-order valence-corrected chi connectivity index (χ4v) is 3.46. The van der Waals surface area contributed by atoms with Gasteiger partial charge in [0.25, 0.3) is 0 Å². The van der Waals surface area contributed by atoms with Crippen LogP contribution in [-0.4, -0.2) is 19.7 Å². The molecule has 0 fully saturated rings. The van der Waals surface area contributed by atoms with Crippen molar-refractivity contribution in [2.24, 2.45) is 0 Å². The Bertz CT molecular complexity index is 1090. The molecule has 0 N–H and O–H groups in total. The number of nitrogens with zero attached hydrogens (tertiary/aromatic N) is 3. The molecule has 0 bridgehead atoms. The van der Waals surface area contributed by atoms with E-state index < -0.39 is 0 Å². The number of carbonyl (C=O) groups excluding carboxylic acids is 1. The Morgan fingerprint density at radius 3 is 2.44 bits per heavy atom. The SMILES string of the molecule is CCC(=O)c1c(C)nc2n(Cc3ccc(Cl)cc3)c3ccccc3n12. The molecule has 4 rings (SSSR count). The molecule has 0 aliphatic carbocycles. The topological polar surface area (TPSA) is 39.3 Å². The van der Waals surface area contributed by atoms with Crippen molar-refractivity contribution in [1.29, 1.82) is 0 Å². The zero-order valence-electron chi connectivity index (χ0n) is 14.2. The highest BCUT2D eigenvalue weighted by Gasteiger charge is 2.21. The number of rotatable bonds is 4. The van der Waals surface area contributed by atoms with E-state index in [-0.39, 0.29) is 5.78 Å². The smallest absolute Gasteiger partial charge is 0.216 e. The standard InChI is InChI=1S/C20H18ClN3O/c1-3-18(25)19-13(2)22-20-23(12-14-8-10-15(21)11-9-14)16-6-4-5-7-17(16)24(19)20/h4-11H,3,12H2,1-2H3. The Labute approximate surface area is 150 Å². The Balaban J connectivity index is 1.99. The molecule has 0 saturated carbocycles. The lowest BCUT2D eigenvalue weighted by Crippen LogP contribution is -2.03. The fourth-order valence-electron chi connectivity index (χ4n) is 3.34. The summed E-state index contributed by atoms with van der Waals surface area (Å²) in [6.45, 7) is 4.45. The highest BCUT2D eigenvalue weighted by Crippen LogP contribution is 2.26. The number of Topliss-reactive ketones (excluding diaryl/α,β-unsaturated/α-hetero) is 1. The second kappa shape index (κ2) is 6.05. The third kappa shape index (κ3) is 2.53. The lowest BCUT2D eigenvalue weighted by molar-refractivity contribution is 0.0982. The maximum Gasteiger partial charge on any atom is 0.216 e. The van der Waals surface area contributed by atoms with Gasteiger partial charge in [-0.15, -0.1) is 0 Å². The molecule has 126 valence electrons. The number of halogens is 1. The minimum Gasteiger partial charge on any atom is -0.305 e. The summed E-state index contributed by atoms with van der Waals surface area (Å²) in [7, 11) is 0. The minimum atomic E-state index is 0.111. The van der Waals surface area contributed by atoms with Gasteiger partial charge < -0.3 is 4.57 Å². The first-order valence-electron chi connectivity index (χ1n) is 8.34. The summed E-state index contributed by atoms with van der Waals surface area (Å²) >= 11 is 6.00. The first kappa shape index (κ1) is 15.9. The van der Waals surface area contributed by atoms with Crippen molar-refractivity contribution < 1.29 is 4.79 Å². The summed E-state index contributed by atoms with van der Waals surface area (Å²) in [6.07, 6.45) is 0.464. The van der Waals surface area contributed by atoms with Crippen LogP contribution < -0.4 is 0 Å². The molecular weight excluding hydrogens is 334 g/mol. The van der Waals surface area contributed by atoms with E-state index in [1.54, 1.807) is 0 Å². The second-order valence-electron chi connectivity index (χ2n) is 6.16. The van der Waals surface area contributed by atoms with Gasteiger partial charge in [0.2, 0.25) is 5.78 Å². The van der Waals surface area contributed by atoms with Crippen LogP contribution in [0.15, 0.2) is 48.5 Å². The van der Waals surface area contributed by atoms with Gasteiger partial charge in [0.05, 0.1) is 23.3 Å². The van der Waals surface area contributed by atoms with Gasteiger partial charge in [-0.1, -0.05) is 42.8 Å². The molecule has 2 aromatic carbocycles. The number of benzene rings is 2. The molecule has 2 heterocycles. The van der Waals surface area contributed by atoms with Gasteiger partial charge in [-0.25, -0.2) is 4.98 Å². The second-order valence-corrected chi connectivity index (χ2v) is 6.60. The van der Waals surface area contributed by atoms with E-state index >= 15 is 0 Å². The quantitative estimate of drug-likeness (QED) is 0.491. The molecule has 0 saturated heterocycles. The van der Waals surface area contributed by atoms with Crippen LogP contribution in [-0.2, 0) is 6.54 Å². The van der Waals surface area contributed by atoms with Gasteiger partial charge in [0.15, 0.2) is 5.78 Å². The number of imidazole rings is 2. The lowest BCUT2D eigenvalue weighted by Gasteiger charge is -2.05. The van der Waals surface area contributed by atoms with Gasteiger partial charge in [-0.2, -0.15) is 0 Å². The molecule has 5 heteroatoms. The molecule has 4 nitrogen and oxygen atoms in total. The van der Waals surface area contributed by atoms with Gasteiger partial charge >= 0.3 is 0 Å². The maximum absolute atomic E-state index is 12.5. The fraction of sp³-hybridized carbons (Fsp3) is 0.200. The molecule has 0 aliphatic rings. The van der Waals surface area contributed by atoms with Crippen molar-refractivity contribution in [2.75, 3.05) is 0 Å². The first-order valence-corrected chi connectivity index (χ1v) is 8.72. The monoisotopic (exact) mass is 351 g/mol. The molecule has 0 radical (unpaired) electrons. The highest BCUT2D eigenvalue weighted by molar-refractivity contribution is 6.30. The van der Waals surface area contributed by atoms with Crippen molar-refractivity contribution in [3.05, 3.63) is 70.5 Å². The number of carbonyl (C=O) groups is 1. The van der Waals surface area contributed by atoms with Gasteiger partial charge in [0.1, 0.15) is 5.69 Å². The number of hydrogen-bond donors (Lipinski definition) is 0. The summed E-state index contributed by atoms with van der Waals surface area (Å²) in [5.41, 5.74) is 4.66. The van der Waals surface area contributed by atoms with Crippen molar-refractivity contribution >= 4 is 34.2 Å². The average molecular weight is 352 g/mol. The normalized spacial score (nSPS) is 11.5. The Kier molecular flexibility index (Phi) is 3.85. The van der Waals surface area contributed by atoms with Crippen LogP contribution in [0.1, 0.15) is 35.1 Å². The number of fused-ring (bicyclic) bond motifs is 3. The van der Waals surface area contributed by atoms with Gasteiger partial charge in [-0.3, -0.25) is 9.20 Å². The van der Waals surface area contributed by atoms with Crippen LogP contribution in [0.4, 0.5) is 0 Å². The average Bonchev–Trinajstić information content (AvgIpc) is 3.10. The highest BCUT2D eigenvalue weighted by atomic mass is 35.5. The predicted octanol–water partition coefficient (Wildman–Crippen LogP) is 4.89. The van der Waals surface area contributed by atoms with Crippen molar-refractivity contribution in [3.8, 4) is 0 Å². The van der Waals surface area contributed by atoms with E-state index in [0.29, 0.717) is 18.7 Å². The van der Waals surface area contributed by atoms with E-state index in [9.17, 15) is 4.79 Å². The largest absolute Gasteiger partial charge is 0.305 e. The molecule has 0 aliphatic heterocycles. The van der Waals surface area contributed by atoms with E-state index in [1.807, 2.05) is 60.7 Å². The number of para-hydroxylation sites is 2. The Hall–Kier alpha value is -2.59. The van der Waals surface area contributed by atoms with E-state index in [0.717, 1.165) is 33.1 Å². The molecule has 2 aromatic heterocycles. The molecule has 4 aromatic rings. The van der Waals surface area contributed by atoms with Gasteiger partial charge in [-0.05, 0) is 36.8 Å². The summed E-state index contributed by atoms with van der Waals surface area (Å²) in [5.74, 6) is 0.907. The third-order valence-electron chi connectivity index (χ3n) is 4.53. The van der Waals surface area contributed by atoms with Crippen LogP contribution in [0, 0.1) is 6.92 Å². The van der Waals surface area contributed by atoms with Crippen molar-refractivity contribution in [2.45, 2.75) is 26.8 Å². The summed E-state index contributed by atoms with van der Waals surface area (Å²) in [4.78, 5) is 17.2. The Morgan fingerprint density at radius 2 is 1.76 bits per heavy atom. The van der Waals surface area contributed by atoms with E-state index in [1.165, 1.54) is 0 Å². The molecule has 25 heavy (non-hydrogen) atoms. The number of ketones is 1. The molecule has 0 unspecified atom stereocenters. The zero-order chi connectivity index (χ0) is 17.6. The maximum atomic E-state index is 12.5. The first-order chi connectivity index (χ1) is 12.1. The predicted molar refractivity (Wildman–Crippen MR) is 101 cm³/mol. The zero-order valence-corrected chi connectivity index (χ0v) is 14.9. The number of aromatic nitrogens is 3. The molecule has 0 amide bonds. The number of hydrogen-bond acceptors (Lipinski definition) is 2. The van der Waals surface area contributed by atoms with Crippen LogP contribution in [0.5, 0.6) is 0 Å². The number of aryl methyl sites for hydroxylation is 1. The molecule has 0 spiro atoms. The lowest BCUT2D eigenvalue weighted by atomic mass is 10.2. The summed E-state index contributed by atoms with van der Waals surface area (Å²) < 4.78 is 4.14. The molecular formula is C20H18ClN3O. The van der Waals surface area contributed by atoms with Crippen LogP contribution in [0.2, 0.25) is 5.02 Å². The van der Waals surface area contributed by atoms with Gasteiger partial charge in [0, 0.05) is 11.4 Å². The van der Waals surface area contributed by atoms with E-state index in [4.69, 9.17) is 16.6 Å². The Morgan fingerprint density at radius 1 is 1.08 bits per heavy atom. The third-order valence-corrected chi connectivity index (χ3v) is 4.78.